The average Bonchev–Trinajstić information content (AvgIpc) is 3.27. The number of esters is 1. The summed E-state index contributed by atoms with van der Waals surface area (Å²) in [5, 5.41) is 6.03. The van der Waals surface area contributed by atoms with Crippen LogP contribution in [-0.2, 0) is 9.47 Å². The summed E-state index contributed by atoms with van der Waals surface area (Å²) in [5.74, 6) is -0.460. The summed E-state index contributed by atoms with van der Waals surface area (Å²) in [6.07, 6.45) is 4.61. The van der Waals surface area contributed by atoms with Crippen molar-refractivity contribution in [1.29, 1.82) is 0 Å². The molecular weight excluding hydrogens is 498 g/mol. The molecule has 0 aliphatic carbocycles. The number of imidazole rings is 1. The van der Waals surface area contributed by atoms with E-state index < -0.39 is 11.6 Å². The Bertz CT molecular complexity index is 1620. The van der Waals surface area contributed by atoms with Crippen LogP contribution in [0.3, 0.4) is 0 Å². The van der Waals surface area contributed by atoms with E-state index in [4.69, 9.17) is 9.47 Å². The van der Waals surface area contributed by atoms with Crippen molar-refractivity contribution in [3.8, 4) is 11.3 Å². The first-order valence-electron chi connectivity index (χ1n) is 13.2. The standard InChI is InChI=1S/C29H33N5O5/c1-6-38-27(36)23-16-24(31-34-17-18(2)30-25(23)34)20-7-8-22-19(15-20)9-14-33(26(22)35)21-10-12-32(13-11-21)28(37)39-29(3,4)5/h7-9,14-17,21H,6,10-13H2,1-5H3. The zero-order valence-electron chi connectivity index (χ0n) is 22.9. The Kier molecular flexibility index (Phi) is 6.88. The van der Waals surface area contributed by atoms with Crippen LogP contribution in [-0.4, -0.2) is 61.4 Å². The third-order valence-corrected chi connectivity index (χ3v) is 6.78. The number of nitrogens with zero attached hydrogens (tertiary/aromatic N) is 5. The summed E-state index contributed by atoms with van der Waals surface area (Å²) in [6, 6.07) is 9.15. The number of likely N-dealkylation sites (tertiary alicyclic amines) is 1. The van der Waals surface area contributed by atoms with Crippen LogP contribution in [0.1, 0.15) is 62.6 Å². The van der Waals surface area contributed by atoms with Gasteiger partial charge >= 0.3 is 12.1 Å². The first-order chi connectivity index (χ1) is 18.5. The predicted molar refractivity (Wildman–Crippen MR) is 147 cm³/mol. The van der Waals surface area contributed by atoms with Crippen molar-refractivity contribution in [2.45, 2.75) is 59.1 Å². The quantitative estimate of drug-likeness (QED) is 0.349. The fraction of sp³-hybridized carbons (Fsp3) is 0.414. The van der Waals surface area contributed by atoms with Crippen LogP contribution in [0.5, 0.6) is 0 Å². The van der Waals surface area contributed by atoms with Crippen molar-refractivity contribution in [2.75, 3.05) is 19.7 Å². The summed E-state index contributed by atoms with van der Waals surface area (Å²) in [6.45, 7) is 10.5. The SMILES string of the molecule is CCOC(=O)c1cc(-c2ccc3c(=O)n(C4CCN(C(=O)OC(C)(C)C)CC4)ccc3c2)nn2cc(C)nc12. The smallest absolute Gasteiger partial charge is 0.410 e. The minimum absolute atomic E-state index is 0.000883. The number of amides is 1. The second-order valence-corrected chi connectivity index (χ2v) is 10.8. The van der Waals surface area contributed by atoms with Crippen LogP contribution in [0.25, 0.3) is 27.7 Å². The number of benzene rings is 1. The van der Waals surface area contributed by atoms with Crippen molar-refractivity contribution in [3.05, 3.63) is 64.3 Å². The van der Waals surface area contributed by atoms with Gasteiger partial charge in [-0.05, 0) is 77.1 Å². The molecular formula is C29H33N5O5. The zero-order valence-corrected chi connectivity index (χ0v) is 22.9. The van der Waals surface area contributed by atoms with Gasteiger partial charge in [0.05, 0.1) is 24.2 Å². The number of hydrogen-bond donors (Lipinski definition) is 0. The predicted octanol–water partition coefficient (Wildman–Crippen LogP) is 4.77. The highest BCUT2D eigenvalue weighted by Gasteiger charge is 2.28. The number of aromatic nitrogens is 4. The first-order valence-corrected chi connectivity index (χ1v) is 13.2. The third-order valence-electron chi connectivity index (χ3n) is 6.78. The highest BCUT2D eigenvalue weighted by atomic mass is 16.6. The molecule has 4 heterocycles. The summed E-state index contributed by atoms with van der Waals surface area (Å²) < 4.78 is 14.1. The molecule has 0 atom stereocenters. The molecule has 5 rings (SSSR count). The van der Waals surface area contributed by atoms with E-state index in [-0.39, 0.29) is 24.3 Å². The Balaban J connectivity index is 1.42. The monoisotopic (exact) mass is 531 g/mol. The molecule has 0 spiro atoms. The van der Waals surface area contributed by atoms with Gasteiger partial charge < -0.3 is 18.9 Å². The van der Waals surface area contributed by atoms with E-state index in [9.17, 15) is 14.4 Å². The van der Waals surface area contributed by atoms with Crippen LogP contribution in [0.15, 0.2) is 47.5 Å². The number of hydrogen-bond acceptors (Lipinski definition) is 7. The molecule has 1 fully saturated rings. The molecule has 4 aromatic rings. The van der Waals surface area contributed by atoms with Crippen molar-refractivity contribution < 1.29 is 19.1 Å². The summed E-state index contributed by atoms with van der Waals surface area (Å²) in [5.41, 5.74) is 2.24. The van der Waals surface area contributed by atoms with Crippen LogP contribution >= 0.6 is 0 Å². The summed E-state index contributed by atoms with van der Waals surface area (Å²) in [4.78, 5) is 44.6. The molecule has 0 N–H and O–H groups in total. The lowest BCUT2D eigenvalue weighted by molar-refractivity contribution is 0.0187. The number of piperidine rings is 1. The Morgan fingerprint density at radius 2 is 1.85 bits per heavy atom. The van der Waals surface area contributed by atoms with Crippen LogP contribution in [0.2, 0.25) is 0 Å². The van der Waals surface area contributed by atoms with Gasteiger partial charge in [0.25, 0.3) is 5.56 Å². The fourth-order valence-corrected chi connectivity index (χ4v) is 4.95. The summed E-state index contributed by atoms with van der Waals surface area (Å²) in [7, 11) is 0. The molecule has 1 amide bonds. The van der Waals surface area contributed by atoms with Gasteiger partial charge in [0.15, 0.2) is 5.65 Å². The highest BCUT2D eigenvalue weighted by molar-refractivity contribution is 5.97. The normalized spacial score (nSPS) is 14.6. The maximum atomic E-state index is 13.4. The molecule has 10 nitrogen and oxygen atoms in total. The number of rotatable bonds is 4. The molecule has 1 aromatic carbocycles. The van der Waals surface area contributed by atoms with E-state index in [1.54, 1.807) is 39.2 Å². The zero-order chi connectivity index (χ0) is 27.9. The number of fused-ring (bicyclic) bond motifs is 2. The van der Waals surface area contributed by atoms with E-state index in [1.807, 2.05) is 52.1 Å². The molecule has 3 aromatic heterocycles. The van der Waals surface area contributed by atoms with Crippen molar-refractivity contribution >= 4 is 28.5 Å². The van der Waals surface area contributed by atoms with Gasteiger partial charge in [-0.25, -0.2) is 19.1 Å². The number of carbonyl (C=O) groups is 2. The number of pyridine rings is 1. The second-order valence-electron chi connectivity index (χ2n) is 10.8. The van der Waals surface area contributed by atoms with Crippen molar-refractivity contribution in [1.82, 2.24) is 24.1 Å². The lowest BCUT2D eigenvalue weighted by Crippen LogP contribution is -2.43. The minimum Gasteiger partial charge on any atom is -0.462 e. The average molecular weight is 532 g/mol. The first kappa shape index (κ1) is 26.4. The van der Waals surface area contributed by atoms with Gasteiger partial charge in [-0.3, -0.25) is 4.79 Å². The molecule has 1 aliphatic heterocycles. The van der Waals surface area contributed by atoms with Gasteiger partial charge in [-0.15, -0.1) is 0 Å². The van der Waals surface area contributed by atoms with Crippen molar-refractivity contribution in [3.63, 3.8) is 0 Å². The Labute approximate surface area is 226 Å². The Morgan fingerprint density at radius 3 is 2.54 bits per heavy atom. The molecule has 10 heteroatoms. The van der Waals surface area contributed by atoms with Gasteiger partial charge in [-0.2, -0.15) is 5.10 Å². The molecule has 0 unspecified atom stereocenters. The van der Waals surface area contributed by atoms with Crippen LogP contribution < -0.4 is 5.56 Å². The van der Waals surface area contributed by atoms with Gasteiger partial charge in [0.1, 0.15) is 11.2 Å². The van der Waals surface area contributed by atoms with Gasteiger partial charge in [0, 0.05) is 36.3 Å². The highest BCUT2D eigenvalue weighted by Crippen LogP contribution is 2.27. The van der Waals surface area contributed by atoms with Gasteiger partial charge in [-0.1, -0.05) is 6.07 Å². The Hall–Kier alpha value is -4.21. The van der Waals surface area contributed by atoms with E-state index in [1.165, 1.54) is 0 Å². The largest absolute Gasteiger partial charge is 0.462 e. The molecule has 1 aliphatic rings. The molecule has 1 saturated heterocycles. The fourth-order valence-electron chi connectivity index (χ4n) is 4.95. The molecule has 204 valence electrons. The minimum atomic E-state index is -0.540. The lowest BCUT2D eigenvalue weighted by atomic mass is 10.0. The van der Waals surface area contributed by atoms with E-state index >= 15 is 0 Å². The summed E-state index contributed by atoms with van der Waals surface area (Å²) >= 11 is 0. The molecule has 0 radical (unpaired) electrons. The van der Waals surface area contributed by atoms with Gasteiger partial charge in [0.2, 0.25) is 0 Å². The maximum Gasteiger partial charge on any atom is 0.410 e. The van der Waals surface area contributed by atoms with Crippen molar-refractivity contribution in [2.24, 2.45) is 0 Å². The van der Waals surface area contributed by atoms with E-state index in [2.05, 4.69) is 10.1 Å². The second kappa shape index (κ2) is 10.2. The third kappa shape index (κ3) is 5.36. The molecule has 0 saturated carbocycles. The lowest BCUT2D eigenvalue weighted by Gasteiger charge is -2.34. The number of aryl methyl sites for hydroxylation is 1. The molecule has 0 bridgehead atoms. The maximum absolute atomic E-state index is 13.4. The topological polar surface area (TPSA) is 108 Å². The number of carbonyl (C=O) groups excluding carboxylic acids is 2. The van der Waals surface area contributed by atoms with Crippen LogP contribution in [0, 0.1) is 6.92 Å². The van der Waals surface area contributed by atoms with E-state index in [0.29, 0.717) is 48.2 Å². The van der Waals surface area contributed by atoms with Crippen LogP contribution in [0.4, 0.5) is 4.79 Å². The molecule has 39 heavy (non-hydrogen) atoms. The van der Waals surface area contributed by atoms with E-state index in [0.717, 1.165) is 16.6 Å². The number of ether oxygens (including phenoxy) is 2. The Morgan fingerprint density at radius 1 is 1.10 bits per heavy atom.